The van der Waals surface area contributed by atoms with Crippen molar-refractivity contribution in [2.45, 2.75) is 11.4 Å². The molecule has 0 aliphatic carbocycles. The van der Waals surface area contributed by atoms with E-state index in [4.69, 9.17) is 11.6 Å². The zero-order chi connectivity index (χ0) is 25.3. The van der Waals surface area contributed by atoms with Crippen molar-refractivity contribution in [1.29, 1.82) is 0 Å². The van der Waals surface area contributed by atoms with Crippen molar-refractivity contribution < 1.29 is 17.6 Å². The monoisotopic (exact) mass is 518 g/mol. The second-order valence-electron chi connectivity index (χ2n) is 8.17. The van der Waals surface area contributed by atoms with E-state index in [1.165, 1.54) is 40.4 Å². The molecule has 0 saturated carbocycles. The maximum atomic E-state index is 13.6. The Morgan fingerprint density at radius 2 is 1.50 bits per heavy atom. The van der Waals surface area contributed by atoms with Gasteiger partial charge in [0.15, 0.2) is 0 Å². The van der Waals surface area contributed by atoms with Crippen molar-refractivity contribution in [3.8, 4) is 11.1 Å². The lowest BCUT2D eigenvalue weighted by molar-refractivity contribution is 0.0951. The molecule has 5 nitrogen and oxygen atoms in total. The molecule has 0 fully saturated rings. The van der Waals surface area contributed by atoms with Crippen LogP contribution in [0.1, 0.15) is 15.9 Å². The van der Waals surface area contributed by atoms with Crippen LogP contribution in [-0.4, -0.2) is 18.3 Å². The summed E-state index contributed by atoms with van der Waals surface area (Å²) < 4.78 is 41.5. The maximum Gasteiger partial charge on any atom is 0.268 e. The van der Waals surface area contributed by atoms with Crippen LogP contribution in [0.4, 0.5) is 4.39 Å². The second kappa shape index (κ2) is 9.60. The van der Waals surface area contributed by atoms with Crippen LogP contribution in [0.15, 0.2) is 108 Å². The number of amides is 1. The molecule has 1 N–H and O–H groups in total. The number of rotatable bonds is 6. The van der Waals surface area contributed by atoms with Crippen LogP contribution in [-0.2, 0) is 16.6 Å². The molecule has 4 aromatic carbocycles. The van der Waals surface area contributed by atoms with E-state index in [-0.39, 0.29) is 23.2 Å². The topological polar surface area (TPSA) is 68.2 Å². The van der Waals surface area contributed by atoms with Gasteiger partial charge >= 0.3 is 0 Å². The number of hydrogen-bond acceptors (Lipinski definition) is 3. The Hall–Kier alpha value is -3.94. The number of aromatic nitrogens is 1. The number of halogens is 2. The standard InChI is InChI=1S/C28H20ClFN2O3S/c29-26-7-3-1-5-23(26)25-18-32(27-8-4-2-6-24(25)27)36(34,35)22-15-11-20(12-16-22)28(33)31-17-19-9-13-21(30)14-10-19/h1-16,18H,17H2,(H,31,33). The molecule has 180 valence electrons. The molecule has 0 bridgehead atoms. The van der Waals surface area contributed by atoms with Gasteiger partial charge in [-0.3, -0.25) is 4.79 Å². The molecular formula is C28H20ClFN2O3S. The van der Waals surface area contributed by atoms with E-state index < -0.39 is 10.0 Å². The van der Waals surface area contributed by atoms with E-state index in [1.807, 2.05) is 30.3 Å². The number of benzene rings is 4. The average Bonchev–Trinajstić information content (AvgIpc) is 3.29. The molecule has 0 radical (unpaired) electrons. The van der Waals surface area contributed by atoms with Gasteiger partial charge in [-0.15, -0.1) is 0 Å². The Labute approximate surface area is 212 Å². The fraction of sp³-hybridized carbons (Fsp3) is 0.0357. The Morgan fingerprint density at radius 1 is 0.833 bits per heavy atom. The summed E-state index contributed by atoms with van der Waals surface area (Å²) in [6.45, 7) is 0.222. The highest BCUT2D eigenvalue weighted by molar-refractivity contribution is 7.90. The summed E-state index contributed by atoms with van der Waals surface area (Å²) in [6, 6.07) is 26.1. The van der Waals surface area contributed by atoms with E-state index >= 15 is 0 Å². The van der Waals surface area contributed by atoms with Gasteiger partial charge in [0.2, 0.25) is 0 Å². The molecule has 0 saturated heterocycles. The lowest BCUT2D eigenvalue weighted by Crippen LogP contribution is -2.22. The molecule has 0 spiro atoms. The van der Waals surface area contributed by atoms with E-state index in [1.54, 1.807) is 36.5 Å². The molecule has 0 aliphatic heterocycles. The molecule has 5 aromatic rings. The van der Waals surface area contributed by atoms with Gasteiger partial charge < -0.3 is 5.32 Å². The molecule has 0 aliphatic rings. The van der Waals surface area contributed by atoms with Crippen LogP contribution in [0.2, 0.25) is 5.02 Å². The van der Waals surface area contributed by atoms with Crippen molar-refractivity contribution >= 4 is 38.4 Å². The highest BCUT2D eigenvalue weighted by atomic mass is 35.5. The summed E-state index contributed by atoms with van der Waals surface area (Å²) in [5, 5.41) is 4.02. The van der Waals surface area contributed by atoms with E-state index in [9.17, 15) is 17.6 Å². The second-order valence-corrected chi connectivity index (χ2v) is 10.4. The minimum absolute atomic E-state index is 0.0454. The summed E-state index contributed by atoms with van der Waals surface area (Å²) >= 11 is 6.41. The number of para-hydroxylation sites is 1. The lowest BCUT2D eigenvalue weighted by atomic mass is 10.1. The molecule has 5 rings (SSSR count). The predicted octanol–water partition coefficient (Wildman–Crippen LogP) is 6.27. The molecule has 0 unspecified atom stereocenters. The minimum atomic E-state index is -3.96. The molecule has 36 heavy (non-hydrogen) atoms. The zero-order valence-electron chi connectivity index (χ0n) is 18.9. The maximum absolute atomic E-state index is 13.6. The van der Waals surface area contributed by atoms with Crippen LogP contribution in [0, 0.1) is 5.82 Å². The van der Waals surface area contributed by atoms with Crippen molar-refractivity contribution in [1.82, 2.24) is 9.29 Å². The summed E-state index contributed by atoms with van der Waals surface area (Å²) in [7, 11) is -3.96. The largest absolute Gasteiger partial charge is 0.348 e. The van der Waals surface area contributed by atoms with Gasteiger partial charge in [0, 0.05) is 39.8 Å². The van der Waals surface area contributed by atoms with Gasteiger partial charge in [-0.2, -0.15) is 0 Å². The van der Waals surface area contributed by atoms with Gasteiger partial charge in [-0.25, -0.2) is 16.8 Å². The molecule has 1 amide bonds. The van der Waals surface area contributed by atoms with Crippen molar-refractivity contribution in [2.75, 3.05) is 0 Å². The number of carbonyl (C=O) groups excluding carboxylic acids is 1. The summed E-state index contributed by atoms with van der Waals surface area (Å²) in [5.41, 5.74) is 3.02. The Morgan fingerprint density at radius 3 is 2.22 bits per heavy atom. The van der Waals surface area contributed by atoms with Crippen LogP contribution in [0.3, 0.4) is 0 Å². The number of hydrogen-bond donors (Lipinski definition) is 1. The van der Waals surface area contributed by atoms with Crippen LogP contribution >= 0.6 is 11.6 Å². The molecule has 1 aromatic heterocycles. The molecule has 8 heteroatoms. The Balaban J connectivity index is 1.44. The van der Waals surface area contributed by atoms with Gasteiger partial charge in [-0.05, 0) is 54.1 Å². The van der Waals surface area contributed by atoms with Crippen molar-refractivity contribution in [3.63, 3.8) is 0 Å². The van der Waals surface area contributed by atoms with Gasteiger partial charge in [-0.1, -0.05) is 60.1 Å². The third-order valence-electron chi connectivity index (χ3n) is 5.88. The molecular weight excluding hydrogens is 499 g/mol. The number of nitrogens with one attached hydrogen (secondary N) is 1. The zero-order valence-corrected chi connectivity index (χ0v) is 20.4. The predicted molar refractivity (Wildman–Crippen MR) is 139 cm³/mol. The highest BCUT2D eigenvalue weighted by Crippen LogP contribution is 2.36. The Kier molecular flexibility index (Phi) is 6.35. The Bertz CT molecular complexity index is 1680. The fourth-order valence-corrected chi connectivity index (χ4v) is 5.63. The minimum Gasteiger partial charge on any atom is -0.348 e. The third-order valence-corrected chi connectivity index (χ3v) is 7.90. The van der Waals surface area contributed by atoms with Crippen LogP contribution in [0.5, 0.6) is 0 Å². The highest BCUT2D eigenvalue weighted by Gasteiger charge is 2.22. The quantitative estimate of drug-likeness (QED) is 0.288. The van der Waals surface area contributed by atoms with Gasteiger partial charge in [0.05, 0.1) is 10.4 Å². The summed E-state index contributed by atoms with van der Waals surface area (Å²) in [6.07, 6.45) is 1.57. The number of fused-ring (bicyclic) bond motifs is 1. The molecule has 0 atom stereocenters. The van der Waals surface area contributed by atoms with Gasteiger partial charge in [0.1, 0.15) is 5.82 Å². The van der Waals surface area contributed by atoms with E-state index in [0.717, 1.165) is 16.5 Å². The van der Waals surface area contributed by atoms with Crippen LogP contribution < -0.4 is 5.32 Å². The smallest absolute Gasteiger partial charge is 0.268 e. The summed E-state index contributed by atoms with van der Waals surface area (Å²) in [5.74, 6) is -0.716. The van der Waals surface area contributed by atoms with Gasteiger partial charge in [0.25, 0.3) is 15.9 Å². The van der Waals surface area contributed by atoms with E-state index in [0.29, 0.717) is 21.7 Å². The van der Waals surface area contributed by atoms with Crippen molar-refractivity contribution in [3.05, 3.63) is 125 Å². The first kappa shape index (κ1) is 23.8. The normalized spacial score (nSPS) is 11.5. The lowest BCUT2D eigenvalue weighted by Gasteiger charge is -2.09. The first-order chi connectivity index (χ1) is 17.3. The van der Waals surface area contributed by atoms with E-state index in [2.05, 4.69) is 5.32 Å². The number of nitrogens with zero attached hydrogens (tertiary/aromatic N) is 1. The SMILES string of the molecule is O=C(NCc1ccc(F)cc1)c1ccc(S(=O)(=O)n2cc(-c3ccccc3Cl)c3ccccc32)cc1. The first-order valence-electron chi connectivity index (χ1n) is 11.1. The molecule has 1 heterocycles. The fourth-order valence-electron chi connectivity index (χ4n) is 4.02. The van der Waals surface area contributed by atoms with Crippen molar-refractivity contribution in [2.24, 2.45) is 0 Å². The average molecular weight is 519 g/mol. The van der Waals surface area contributed by atoms with Crippen LogP contribution in [0.25, 0.3) is 22.0 Å². The first-order valence-corrected chi connectivity index (χ1v) is 12.9. The summed E-state index contributed by atoms with van der Waals surface area (Å²) in [4.78, 5) is 12.6. The third kappa shape index (κ3) is 4.51. The number of carbonyl (C=O) groups is 1.